The zero-order valence-electron chi connectivity index (χ0n) is 8.93. The molecule has 0 bridgehead atoms. The minimum absolute atomic E-state index is 0.395. The molecule has 0 aliphatic carbocycles. The molecule has 0 aliphatic heterocycles. The highest BCUT2D eigenvalue weighted by atomic mass is 16.4. The van der Waals surface area contributed by atoms with Gasteiger partial charge in [0, 0.05) is 5.56 Å². The van der Waals surface area contributed by atoms with E-state index in [0.717, 1.165) is 17.0 Å². The van der Waals surface area contributed by atoms with Crippen LogP contribution < -0.4 is 5.32 Å². The van der Waals surface area contributed by atoms with Gasteiger partial charge in [-0.1, -0.05) is 18.2 Å². The number of carbonyl (C=O) groups excluding carboxylic acids is 1. The van der Waals surface area contributed by atoms with Gasteiger partial charge in [-0.2, -0.15) is 0 Å². The topological polar surface area (TPSA) is 55.1 Å². The fraction of sp³-hybridized carbons (Fsp3) is 0.167. The van der Waals surface area contributed by atoms with Crippen LogP contribution in [0.25, 0.3) is 11.5 Å². The van der Waals surface area contributed by atoms with Gasteiger partial charge in [-0.15, -0.1) is 0 Å². The number of amides is 1. The highest BCUT2D eigenvalue weighted by Crippen LogP contribution is 2.20. The van der Waals surface area contributed by atoms with Crippen LogP contribution in [-0.4, -0.2) is 11.4 Å². The van der Waals surface area contributed by atoms with Crippen molar-refractivity contribution in [3.05, 3.63) is 41.8 Å². The van der Waals surface area contributed by atoms with Crippen molar-refractivity contribution < 1.29 is 9.21 Å². The first-order valence-electron chi connectivity index (χ1n) is 5.00. The Kier molecular flexibility index (Phi) is 3.00. The van der Waals surface area contributed by atoms with Gasteiger partial charge in [0.1, 0.15) is 11.5 Å². The lowest BCUT2D eigenvalue weighted by Gasteiger charge is -1.93. The van der Waals surface area contributed by atoms with Crippen molar-refractivity contribution in [1.29, 1.82) is 0 Å². The van der Waals surface area contributed by atoms with Crippen LogP contribution in [0, 0.1) is 6.92 Å². The molecule has 4 nitrogen and oxygen atoms in total. The van der Waals surface area contributed by atoms with Crippen molar-refractivity contribution in [3.8, 4) is 11.5 Å². The van der Waals surface area contributed by atoms with Crippen LogP contribution in [0.15, 0.2) is 34.7 Å². The maximum Gasteiger partial charge on any atom is 0.226 e. The number of benzene rings is 1. The lowest BCUT2D eigenvalue weighted by atomic mass is 10.2. The monoisotopic (exact) mass is 216 g/mol. The van der Waals surface area contributed by atoms with Crippen molar-refractivity contribution in [2.24, 2.45) is 0 Å². The van der Waals surface area contributed by atoms with Gasteiger partial charge in [0.25, 0.3) is 0 Å². The lowest BCUT2D eigenvalue weighted by molar-refractivity contribution is -0.109. The van der Waals surface area contributed by atoms with Crippen LogP contribution in [0.5, 0.6) is 0 Å². The minimum Gasteiger partial charge on any atom is -0.441 e. The van der Waals surface area contributed by atoms with Crippen molar-refractivity contribution >= 4 is 6.41 Å². The summed E-state index contributed by atoms with van der Waals surface area (Å²) >= 11 is 0. The Morgan fingerprint density at radius 2 is 2.12 bits per heavy atom. The number of aromatic nitrogens is 1. The van der Waals surface area contributed by atoms with Crippen LogP contribution in [-0.2, 0) is 11.3 Å². The molecule has 0 unspecified atom stereocenters. The zero-order valence-corrected chi connectivity index (χ0v) is 8.93. The van der Waals surface area contributed by atoms with Gasteiger partial charge in [-0.05, 0) is 19.1 Å². The summed E-state index contributed by atoms with van der Waals surface area (Å²) < 4.78 is 5.53. The summed E-state index contributed by atoms with van der Waals surface area (Å²) in [5.41, 5.74) is 1.69. The number of carbonyl (C=O) groups is 1. The lowest BCUT2D eigenvalue weighted by Crippen LogP contribution is -2.10. The Bertz CT molecular complexity index is 477. The first kappa shape index (κ1) is 10.4. The van der Waals surface area contributed by atoms with E-state index in [2.05, 4.69) is 10.3 Å². The number of nitrogens with one attached hydrogen (secondary N) is 1. The van der Waals surface area contributed by atoms with Gasteiger partial charge in [0.2, 0.25) is 12.3 Å². The summed E-state index contributed by atoms with van der Waals surface area (Å²) in [6.45, 7) is 2.23. The second-order valence-electron chi connectivity index (χ2n) is 3.39. The van der Waals surface area contributed by atoms with E-state index >= 15 is 0 Å². The normalized spacial score (nSPS) is 10.1. The third kappa shape index (κ3) is 2.11. The summed E-state index contributed by atoms with van der Waals surface area (Å²) in [5, 5.41) is 2.57. The molecular formula is C12H12N2O2. The fourth-order valence-corrected chi connectivity index (χ4v) is 1.43. The first-order chi connectivity index (χ1) is 7.81. The van der Waals surface area contributed by atoms with E-state index in [4.69, 9.17) is 4.42 Å². The molecule has 1 N–H and O–H groups in total. The van der Waals surface area contributed by atoms with Gasteiger partial charge >= 0.3 is 0 Å². The Labute approximate surface area is 93.3 Å². The Balaban J connectivity index is 2.27. The van der Waals surface area contributed by atoms with Crippen LogP contribution >= 0.6 is 0 Å². The van der Waals surface area contributed by atoms with Crippen molar-refractivity contribution in [2.45, 2.75) is 13.5 Å². The number of aryl methyl sites for hydroxylation is 1. The molecule has 0 saturated carbocycles. The standard InChI is InChI=1S/C12H12N2O2/c1-9-11(7-13-8-15)14-12(16-9)10-5-3-2-4-6-10/h2-6,8H,7H2,1H3,(H,13,15). The molecule has 0 saturated heterocycles. The van der Waals surface area contributed by atoms with Crippen molar-refractivity contribution in [1.82, 2.24) is 10.3 Å². The fourth-order valence-electron chi connectivity index (χ4n) is 1.43. The number of hydrogen-bond donors (Lipinski definition) is 1. The highest BCUT2D eigenvalue weighted by Gasteiger charge is 2.10. The van der Waals surface area contributed by atoms with E-state index in [9.17, 15) is 4.79 Å². The Morgan fingerprint density at radius 1 is 1.38 bits per heavy atom. The predicted molar refractivity (Wildman–Crippen MR) is 59.6 cm³/mol. The molecule has 0 spiro atoms. The van der Waals surface area contributed by atoms with Crippen molar-refractivity contribution in [2.75, 3.05) is 0 Å². The molecule has 1 aromatic heterocycles. The molecule has 82 valence electrons. The molecule has 1 heterocycles. The van der Waals surface area contributed by atoms with Gasteiger partial charge in [-0.3, -0.25) is 4.79 Å². The molecule has 0 fully saturated rings. The third-order valence-corrected chi connectivity index (χ3v) is 2.27. The molecule has 0 aliphatic rings. The maximum atomic E-state index is 10.2. The second-order valence-corrected chi connectivity index (χ2v) is 3.39. The van der Waals surface area contributed by atoms with Gasteiger partial charge in [0.05, 0.1) is 6.54 Å². The molecule has 1 aromatic carbocycles. The summed E-state index contributed by atoms with van der Waals surface area (Å²) in [6, 6.07) is 9.66. The summed E-state index contributed by atoms with van der Waals surface area (Å²) in [4.78, 5) is 14.5. The second kappa shape index (κ2) is 4.61. The minimum atomic E-state index is 0.395. The van der Waals surface area contributed by atoms with Gasteiger partial charge < -0.3 is 9.73 Å². The summed E-state index contributed by atoms with van der Waals surface area (Å²) in [7, 11) is 0. The molecule has 16 heavy (non-hydrogen) atoms. The summed E-state index contributed by atoms with van der Waals surface area (Å²) in [5.74, 6) is 1.31. The van der Waals surface area contributed by atoms with Crippen LogP contribution in [0.1, 0.15) is 11.5 Å². The van der Waals surface area contributed by atoms with Crippen LogP contribution in [0.3, 0.4) is 0 Å². The molecule has 2 rings (SSSR count). The van der Waals surface area contributed by atoms with E-state index in [1.54, 1.807) is 0 Å². The molecule has 1 amide bonds. The Hall–Kier alpha value is -2.10. The summed E-state index contributed by atoms with van der Waals surface area (Å²) in [6.07, 6.45) is 0.649. The number of hydrogen-bond acceptors (Lipinski definition) is 3. The number of rotatable bonds is 4. The van der Waals surface area contributed by atoms with E-state index in [1.807, 2.05) is 37.3 Å². The first-order valence-corrected chi connectivity index (χ1v) is 5.00. The van der Waals surface area contributed by atoms with E-state index in [-0.39, 0.29) is 0 Å². The van der Waals surface area contributed by atoms with E-state index in [1.165, 1.54) is 0 Å². The van der Waals surface area contributed by atoms with Crippen LogP contribution in [0.2, 0.25) is 0 Å². The molecule has 0 radical (unpaired) electrons. The SMILES string of the molecule is Cc1oc(-c2ccccc2)nc1CNC=O. The smallest absolute Gasteiger partial charge is 0.226 e. The van der Waals surface area contributed by atoms with Gasteiger partial charge in [0.15, 0.2) is 0 Å². The predicted octanol–water partition coefficient (Wildman–Crippen LogP) is 1.90. The van der Waals surface area contributed by atoms with Crippen molar-refractivity contribution in [3.63, 3.8) is 0 Å². The zero-order chi connectivity index (χ0) is 11.4. The van der Waals surface area contributed by atoms with Crippen LogP contribution in [0.4, 0.5) is 0 Å². The van der Waals surface area contributed by atoms with E-state index < -0.39 is 0 Å². The molecule has 2 aromatic rings. The molecule has 4 heteroatoms. The Morgan fingerprint density at radius 3 is 2.81 bits per heavy atom. The number of oxazole rings is 1. The quantitative estimate of drug-likeness (QED) is 0.794. The third-order valence-electron chi connectivity index (χ3n) is 2.27. The molecular weight excluding hydrogens is 204 g/mol. The van der Waals surface area contributed by atoms with Gasteiger partial charge in [-0.25, -0.2) is 4.98 Å². The van der Waals surface area contributed by atoms with E-state index in [0.29, 0.717) is 18.8 Å². The highest BCUT2D eigenvalue weighted by molar-refractivity contribution is 5.53. The average molecular weight is 216 g/mol. The molecule has 0 atom stereocenters. The average Bonchev–Trinajstić information content (AvgIpc) is 2.69. The maximum absolute atomic E-state index is 10.2. The largest absolute Gasteiger partial charge is 0.441 e. The number of nitrogens with zero attached hydrogens (tertiary/aromatic N) is 1.